The number of nitrogens with zero attached hydrogens (tertiary/aromatic N) is 1. The molecule has 0 unspecified atom stereocenters. The van der Waals surface area contributed by atoms with E-state index in [1.54, 1.807) is 5.57 Å². The van der Waals surface area contributed by atoms with Crippen LogP contribution in [0.5, 0.6) is 0 Å². The lowest BCUT2D eigenvalue weighted by Gasteiger charge is -2.21. The molecule has 1 N–H and O–H groups in total. The van der Waals surface area contributed by atoms with Crippen molar-refractivity contribution in [1.82, 2.24) is 10.2 Å². The lowest BCUT2D eigenvalue weighted by Crippen LogP contribution is -2.25. The molecule has 0 aromatic carbocycles. The van der Waals surface area contributed by atoms with Crippen LogP contribution in [0.25, 0.3) is 0 Å². The zero-order valence-corrected chi connectivity index (χ0v) is 8.55. The Labute approximate surface area is 81.0 Å². The maximum Gasteiger partial charge on any atom is 0.0162 e. The molecule has 1 aliphatic carbocycles. The van der Waals surface area contributed by atoms with Crippen LogP contribution in [-0.4, -0.2) is 37.6 Å². The van der Waals surface area contributed by atoms with Crippen molar-refractivity contribution in [3.8, 4) is 0 Å². The quantitative estimate of drug-likeness (QED) is 0.658. The monoisotopic (exact) mass is 180 g/mol. The second-order valence-electron chi connectivity index (χ2n) is 4.35. The van der Waals surface area contributed by atoms with E-state index in [0.29, 0.717) is 0 Å². The summed E-state index contributed by atoms with van der Waals surface area (Å²) in [4.78, 5) is 2.37. The Balaban J connectivity index is 1.62. The molecule has 0 atom stereocenters. The summed E-state index contributed by atoms with van der Waals surface area (Å²) in [5, 5.41) is 3.56. The normalized spacial score (nSPS) is 24.5. The summed E-state index contributed by atoms with van der Waals surface area (Å²) in [5.41, 5.74) is 1.66. The van der Waals surface area contributed by atoms with Crippen LogP contribution in [0, 0.1) is 0 Å². The smallest absolute Gasteiger partial charge is 0.0162 e. The number of hydrogen-bond donors (Lipinski definition) is 1. The van der Waals surface area contributed by atoms with Gasteiger partial charge in [0.05, 0.1) is 0 Å². The molecular weight excluding hydrogens is 160 g/mol. The van der Waals surface area contributed by atoms with E-state index in [9.17, 15) is 0 Å². The third-order valence-electron chi connectivity index (χ3n) is 2.96. The summed E-state index contributed by atoms with van der Waals surface area (Å²) in [7, 11) is 2.19. The van der Waals surface area contributed by atoms with Crippen LogP contribution >= 0.6 is 0 Å². The average Bonchev–Trinajstić information content (AvgIpc) is 2.92. The van der Waals surface area contributed by atoms with E-state index in [4.69, 9.17) is 0 Å². The molecule has 74 valence electrons. The molecule has 2 rings (SSSR count). The predicted octanol–water partition coefficient (Wildman–Crippen LogP) is 1.39. The number of likely N-dealkylation sites (N-methyl/N-ethyl adjacent to an activating group) is 1. The maximum absolute atomic E-state index is 3.56. The van der Waals surface area contributed by atoms with Gasteiger partial charge in [-0.25, -0.2) is 0 Å². The van der Waals surface area contributed by atoms with Gasteiger partial charge in [0.15, 0.2) is 0 Å². The zero-order chi connectivity index (χ0) is 9.10. The van der Waals surface area contributed by atoms with E-state index in [2.05, 4.69) is 23.3 Å². The SMILES string of the molecule is CN1CC=C(CCNC2CC2)CC1. The summed E-state index contributed by atoms with van der Waals surface area (Å²) >= 11 is 0. The molecule has 0 amide bonds. The molecular formula is C11H20N2. The highest BCUT2D eigenvalue weighted by atomic mass is 15.1. The minimum atomic E-state index is 0.867. The van der Waals surface area contributed by atoms with Gasteiger partial charge in [0, 0.05) is 19.1 Å². The van der Waals surface area contributed by atoms with Gasteiger partial charge >= 0.3 is 0 Å². The predicted molar refractivity (Wildman–Crippen MR) is 55.8 cm³/mol. The fraction of sp³-hybridized carbons (Fsp3) is 0.818. The van der Waals surface area contributed by atoms with Crippen LogP contribution in [0.2, 0.25) is 0 Å². The third kappa shape index (κ3) is 3.12. The first kappa shape index (κ1) is 9.22. The molecule has 1 heterocycles. The van der Waals surface area contributed by atoms with Crippen molar-refractivity contribution in [2.75, 3.05) is 26.7 Å². The van der Waals surface area contributed by atoms with E-state index in [-0.39, 0.29) is 0 Å². The summed E-state index contributed by atoms with van der Waals surface area (Å²) in [6.45, 7) is 3.59. The fourth-order valence-electron chi connectivity index (χ4n) is 1.76. The van der Waals surface area contributed by atoms with Crippen LogP contribution in [0.4, 0.5) is 0 Å². The molecule has 0 spiro atoms. The van der Waals surface area contributed by atoms with Gasteiger partial charge in [-0.15, -0.1) is 0 Å². The summed E-state index contributed by atoms with van der Waals surface area (Å²) in [5.74, 6) is 0. The van der Waals surface area contributed by atoms with Crippen molar-refractivity contribution in [3.05, 3.63) is 11.6 Å². The van der Waals surface area contributed by atoms with Crippen molar-refractivity contribution in [2.24, 2.45) is 0 Å². The minimum Gasteiger partial charge on any atom is -0.314 e. The molecule has 0 radical (unpaired) electrons. The standard InChI is InChI=1S/C11H20N2/c1-13-8-5-10(6-9-13)4-7-12-11-2-3-11/h5,11-12H,2-4,6-9H2,1H3. The van der Waals surface area contributed by atoms with Crippen molar-refractivity contribution in [2.45, 2.75) is 31.7 Å². The average molecular weight is 180 g/mol. The molecule has 0 aromatic rings. The second kappa shape index (κ2) is 4.25. The Morgan fingerprint density at radius 2 is 2.38 bits per heavy atom. The molecule has 1 fully saturated rings. The van der Waals surface area contributed by atoms with E-state index < -0.39 is 0 Å². The van der Waals surface area contributed by atoms with Gasteiger partial charge in [0.2, 0.25) is 0 Å². The van der Waals surface area contributed by atoms with Gasteiger partial charge in [-0.05, 0) is 39.3 Å². The lowest BCUT2D eigenvalue weighted by atomic mass is 10.1. The fourth-order valence-corrected chi connectivity index (χ4v) is 1.76. The van der Waals surface area contributed by atoms with Gasteiger partial charge in [-0.1, -0.05) is 11.6 Å². The maximum atomic E-state index is 3.56. The molecule has 0 aromatic heterocycles. The van der Waals surface area contributed by atoms with Gasteiger partial charge in [-0.2, -0.15) is 0 Å². The molecule has 1 aliphatic heterocycles. The van der Waals surface area contributed by atoms with Crippen molar-refractivity contribution in [3.63, 3.8) is 0 Å². The van der Waals surface area contributed by atoms with E-state index in [0.717, 1.165) is 12.6 Å². The van der Waals surface area contributed by atoms with E-state index >= 15 is 0 Å². The minimum absolute atomic E-state index is 0.867. The number of rotatable bonds is 4. The Morgan fingerprint density at radius 3 is 3.00 bits per heavy atom. The first-order valence-corrected chi connectivity index (χ1v) is 5.44. The Hall–Kier alpha value is -0.340. The Kier molecular flexibility index (Phi) is 3.01. The van der Waals surface area contributed by atoms with Gasteiger partial charge in [0.1, 0.15) is 0 Å². The molecule has 2 heteroatoms. The van der Waals surface area contributed by atoms with Crippen LogP contribution in [0.3, 0.4) is 0 Å². The van der Waals surface area contributed by atoms with Crippen LogP contribution < -0.4 is 5.32 Å². The summed E-state index contributed by atoms with van der Waals surface area (Å²) in [6.07, 6.45) is 7.76. The van der Waals surface area contributed by atoms with Crippen LogP contribution in [0.1, 0.15) is 25.7 Å². The summed E-state index contributed by atoms with van der Waals surface area (Å²) < 4.78 is 0. The lowest BCUT2D eigenvalue weighted by molar-refractivity contribution is 0.356. The first-order chi connectivity index (χ1) is 6.34. The molecule has 0 saturated heterocycles. The molecule has 2 aliphatic rings. The number of nitrogens with one attached hydrogen (secondary N) is 1. The van der Waals surface area contributed by atoms with Crippen molar-refractivity contribution < 1.29 is 0 Å². The molecule has 1 saturated carbocycles. The van der Waals surface area contributed by atoms with Crippen LogP contribution in [0.15, 0.2) is 11.6 Å². The molecule has 0 bridgehead atoms. The molecule has 13 heavy (non-hydrogen) atoms. The highest BCUT2D eigenvalue weighted by Crippen LogP contribution is 2.19. The Morgan fingerprint density at radius 1 is 1.54 bits per heavy atom. The van der Waals surface area contributed by atoms with Gasteiger partial charge < -0.3 is 10.2 Å². The topological polar surface area (TPSA) is 15.3 Å². The van der Waals surface area contributed by atoms with Crippen LogP contribution in [-0.2, 0) is 0 Å². The van der Waals surface area contributed by atoms with Crippen molar-refractivity contribution in [1.29, 1.82) is 0 Å². The molecule has 2 nitrogen and oxygen atoms in total. The van der Waals surface area contributed by atoms with Gasteiger partial charge in [-0.3, -0.25) is 0 Å². The highest BCUT2D eigenvalue weighted by molar-refractivity contribution is 5.07. The van der Waals surface area contributed by atoms with Crippen molar-refractivity contribution >= 4 is 0 Å². The first-order valence-electron chi connectivity index (χ1n) is 5.44. The number of hydrogen-bond acceptors (Lipinski definition) is 2. The van der Waals surface area contributed by atoms with Gasteiger partial charge in [0.25, 0.3) is 0 Å². The second-order valence-corrected chi connectivity index (χ2v) is 4.35. The van der Waals surface area contributed by atoms with E-state index in [1.807, 2.05) is 0 Å². The Bertz CT molecular complexity index is 194. The third-order valence-corrected chi connectivity index (χ3v) is 2.96. The summed E-state index contributed by atoms with van der Waals surface area (Å²) in [6, 6.07) is 0.867. The highest BCUT2D eigenvalue weighted by Gasteiger charge is 2.19. The zero-order valence-electron chi connectivity index (χ0n) is 8.55. The largest absolute Gasteiger partial charge is 0.314 e. The van der Waals surface area contributed by atoms with E-state index in [1.165, 1.54) is 38.8 Å².